The zero-order chi connectivity index (χ0) is 15.6. The molecule has 0 saturated heterocycles. The Morgan fingerprint density at radius 1 is 1.26 bits per heavy atom. The molecule has 4 nitrogen and oxygen atoms in total. The molecule has 3 unspecified atom stereocenters. The first-order valence-corrected chi connectivity index (χ1v) is 9.19. The lowest BCUT2D eigenvalue weighted by Gasteiger charge is -2.25. The van der Waals surface area contributed by atoms with Crippen molar-refractivity contribution in [1.29, 1.82) is 0 Å². The lowest BCUT2D eigenvalue weighted by atomic mass is 9.88. The first kappa shape index (κ1) is 14.5. The van der Waals surface area contributed by atoms with Gasteiger partial charge in [-0.3, -0.25) is 0 Å². The van der Waals surface area contributed by atoms with Gasteiger partial charge in [0.2, 0.25) is 0 Å². The van der Waals surface area contributed by atoms with Crippen molar-refractivity contribution >= 4 is 14.6 Å². The van der Waals surface area contributed by atoms with Gasteiger partial charge in [-0.15, -0.1) is 0 Å². The van der Waals surface area contributed by atoms with E-state index in [9.17, 15) is 4.79 Å². The molecule has 0 saturated carbocycles. The predicted molar refractivity (Wildman–Crippen MR) is 94.5 cm³/mol. The molecule has 1 aromatic carbocycles. The summed E-state index contributed by atoms with van der Waals surface area (Å²) >= 11 is 0. The smallest absolute Gasteiger partial charge is 0.319 e. The Morgan fingerprint density at radius 3 is 3.04 bits per heavy atom. The summed E-state index contributed by atoms with van der Waals surface area (Å²) in [4.78, 5) is 12.3. The lowest BCUT2D eigenvalue weighted by molar-refractivity contribution is 0.238. The van der Waals surface area contributed by atoms with E-state index in [4.69, 9.17) is 0 Å². The van der Waals surface area contributed by atoms with Gasteiger partial charge in [0.25, 0.3) is 0 Å². The van der Waals surface area contributed by atoms with Crippen LogP contribution in [0.2, 0.25) is 0 Å². The number of carbonyl (C=O) groups is 1. The Bertz CT molecular complexity index is 723. The highest BCUT2D eigenvalue weighted by Gasteiger charge is 2.25. The van der Waals surface area contributed by atoms with Crippen LogP contribution >= 0.6 is 8.58 Å². The lowest BCUT2D eigenvalue weighted by Crippen LogP contribution is -2.44. The third-order valence-corrected chi connectivity index (χ3v) is 5.78. The van der Waals surface area contributed by atoms with E-state index in [1.54, 1.807) is 0 Å². The summed E-state index contributed by atoms with van der Waals surface area (Å²) in [5.41, 5.74) is 4.83. The Kier molecular flexibility index (Phi) is 3.92. The molecule has 2 aliphatic heterocycles. The van der Waals surface area contributed by atoms with Crippen LogP contribution in [0.3, 0.4) is 0 Å². The van der Waals surface area contributed by atoms with Gasteiger partial charge in [0.05, 0.1) is 11.5 Å². The summed E-state index contributed by atoms with van der Waals surface area (Å²) in [7, 11) is 0.719. The largest absolute Gasteiger partial charge is 0.378 e. The molecule has 0 spiro atoms. The van der Waals surface area contributed by atoms with Crippen LogP contribution < -0.4 is 16.0 Å². The van der Waals surface area contributed by atoms with Gasteiger partial charge in [-0.1, -0.05) is 50.8 Å². The van der Waals surface area contributed by atoms with Gasteiger partial charge >= 0.3 is 6.03 Å². The fourth-order valence-corrected chi connectivity index (χ4v) is 4.41. The molecule has 2 heterocycles. The minimum Gasteiger partial charge on any atom is -0.378 e. The Balaban J connectivity index is 1.36. The van der Waals surface area contributed by atoms with E-state index in [-0.39, 0.29) is 12.1 Å². The molecular weight excluding hydrogens is 305 g/mol. The van der Waals surface area contributed by atoms with E-state index in [0.717, 1.165) is 33.5 Å². The molecule has 5 heteroatoms. The zero-order valence-electron chi connectivity index (χ0n) is 12.8. The number of allylic oxidation sites excluding steroid dienone is 2. The maximum absolute atomic E-state index is 12.3. The van der Waals surface area contributed by atoms with Gasteiger partial charge in [-0.2, -0.15) is 0 Å². The second-order valence-electron chi connectivity index (χ2n) is 6.11. The van der Waals surface area contributed by atoms with Crippen LogP contribution in [0.1, 0.15) is 17.5 Å². The Hall–Kier alpha value is -2.06. The summed E-state index contributed by atoms with van der Waals surface area (Å²) < 4.78 is 0. The minimum atomic E-state index is -0.109. The summed E-state index contributed by atoms with van der Waals surface area (Å²) in [5.74, 6) is 2.49. The number of hydrogen-bond donors (Lipinski definition) is 3. The van der Waals surface area contributed by atoms with Crippen molar-refractivity contribution in [3.63, 3.8) is 0 Å². The quantitative estimate of drug-likeness (QED) is 0.733. The van der Waals surface area contributed by atoms with Crippen molar-refractivity contribution in [3.05, 3.63) is 70.8 Å². The molecule has 23 heavy (non-hydrogen) atoms. The van der Waals surface area contributed by atoms with E-state index in [2.05, 4.69) is 58.2 Å². The molecule has 3 aliphatic rings. The summed E-state index contributed by atoms with van der Waals surface area (Å²) in [5, 5.41) is 9.44. The van der Waals surface area contributed by atoms with Crippen LogP contribution in [-0.2, 0) is 12.8 Å². The first-order valence-electron chi connectivity index (χ1n) is 8.03. The topological polar surface area (TPSA) is 53.2 Å². The fourth-order valence-electron chi connectivity index (χ4n) is 3.40. The van der Waals surface area contributed by atoms with Gasteiger partial charge in [-0.05, 0) is 30.4 Å². The van der Waals surface area contributed by atoms with E-state index < -0.39 is 0 Å². The third-order valence-electron chi connectivity index (χ3n) is 4.58. The standard InChI is InChI=1S/C18H20N3OP/c22-18(21-16-11-19-17-15(16)6-3-9-23-17)20-14-8-7-12-4-1-2-5-13(12)10-14/h1-6,9,11,14,17,19,23H,7-8,10H2,(H2,20,21,22). The van der Waals surface area contributed by atoms with E-state index in [1.165, 1.54) is 16.7 Å². The van der Waals surface area contributed by atoms with E-state index in [0.29, 0.717) is 5.78 Å². The van der Waals surface area contributed by atoms with Crippen molar-refractivity contribution in [2.75, 3.05) is 0 Å². The molecule has 1 aliphatic carbocycles. The Morgan fingerprint density at radius 2 is 2.13 bits per heavy atom. The second-order valence-corrected chi connectivity index (χ2v) is 7.36. The van der Waals surface area contributed by atoms with Crippen molar-refractivity contribution < 1.29 is 4.79 Å². The normalized spacial score (nSPS) is 25.7. The molecule has 4 rings (SSSR count). The number of benzene rings is 1. The summed E-state index contributed by atoms with van der Waals surface area (Å²) in [6.07, 6.45) is 8.98. The maximum Gasteiger partial charge on any atom is 0.319 e. The van der Waals surface area contributed by atoms with Crippen LogP contribution in [0, 0.1) is 0 Å². The third kappa shape index (κ3) is 3.04. The highest BCUT2D eigenvalue weighted by molar-refractivity contribution is 7.43. The van der Waals surface area contributed by atoms with Crippen molar-refractivity contribution in [1.82, 2.24) is 16.0 Å². The number of carbonyl (C=O) groups excluding carboxylic acids is 1. The molecule has 3 N–H and O–H groups in total. The second kappa shape index (κ2) is 6.21. The number of urea groups is 1. The highest BCUT2D eigenvalue weighted by atomic mass is 31.1. The molecule has 1 aromatic rings. The molecule has 0 bridgehead atoms. The highest BCUT2D eigenvalue weighted by Crippen LogP contribution is 2.35. The summed E-state index contributed by atoms with van der Waals surface area (Å²) in [6, 6.07) is 8.60. The van der Waals surface area contributed by atoms with Crippen molar-refractivity contribution in [2.24, 2.45) is 0 Å². The molecule has 0 fully saturated rings. The molecule has 2 amide bonds. The van der Waals surface area contributed by atoms with Gasteiger partial charge in [0.15, 0.2) is 0 Å². The number of fused-ring (bicyclic) bond motifs is 2. The SMILES string of the molecule is O=C(NC1=CNC2PC=CC=C12)NC1CCc2ccccc2C1. The molecule has 3 atom stereocenters. The van der Waals surface area contributed by atoms with Crippen LogP contribution in [0.5, 0.6) is 0 Å². The van der Waals surface area contributed by atoms with Gasteiger partial charge in [-0.25, -0.2) is 4.79 Å². The zero-order valence-corrected chi connectivity index (χ0v) is 13.8. The minimum absolute atomic E-state index is 0.109. The molecule has 0 aromatic heterocycles. The van der Waals surface area contributed by atoms with Crippen LogP contribution in [-0.4, -0.2) is 17.9 Å². The van der Waals surface area contributed by atoms with E-state index >= 15 is 0 Å². The number of amides is 2. The van der Waals surface area contributed by atoms with Crippen molar-refractivity contribution in [3.8, 4) is 0 Å². The van der Waals surface area contributed by atoms with E-state index in [1.807, 2.05) is 6.20 Å². The van der Waals surface area contributed by atoms with Gasteiger partial charge in [0, 0.05) is 17.8 Å². The number of aryl methyl sites for hydroxylation is 1. The van der Waals surface area contributed by atoms with Crippen LogP contribution in [0.15, 0.2) is 59.7 Å². The van der Waals surface area contributed by atoms with Crippen LogP contribution in [0.4, 0.5) is 4.79 Å². The van der Waals surface area contributed by atoms with Gasteiger partial charge in [0.1, 0.15) is 0 Å². The monoisotopic (exact) mass is 325 g/mol. The summed E-state index contributed by atoms with van der Waals surface area (Å²) in [6.45, 7) is 0. The predicted octanol–water partition coefficient (Wildman–Crippen LogP) is 2.75. The molecular formula is C18H20N3OP. The Labute approximate surface area is 137 Å². The van der Waals surface area contributed by atoms with Crippen LogP contribution in [0.25, 0.3) is 0 Å². The molecule has 118 valence electrons. The molecule has 0 radical (unpaired) electrons. The first-order chi connectivity index (χ1) is 11.3. The van der Waals surface area contributed by atoms with Gasteiger partial charge < -0.3 is 16.0 Å². The maximum atomic E-state index is 12.3. The number of hydrogen-bond acceptors (Lipinski definition) is 2. The van der Waals surface area contributed by atoms with Crippen molar-refractivity contribution in [2.45, 2.75) is 31.1 Å². The number of nitrogens with one attached hydrogen (secondary N) is 3. The average Bonchev–Trinajstić information content (AvgIpc) is 2.98. The number of rotatable bonds is 2. The fraction of sp³-hybridized carbons (Fsp3) is 0.278. The average molecular weight is 325 g/mol.